The van der Waals surface area contributed by atoms with Gasteiger partial charge < -0.3 is 20.1 Å². The van der Waals surface area contributed by atoms with Crippen molar-refractivity contribution in [3.63, 3.8) is 0 Å². The van der Waals surface area contributed by atoms with Crippen LogP contribution in [0.25, 0.3) is 44.5 Å². The third-order valence-electron chi connectivity index (χ3n) is 8.43. The molecule has 200 valence electrons. The molecule has 39 heavy (non-hydrogen) atoms. The molecule has 0 radical (unpaired) electrons. The lowest BCUT2D eigenvalue weighted by Crippen LogP contribution is -2.44. The molecule has 2 aromatic carbocycles. The Kier molecular flexibility index (Phi) is 6.39. The lowest BCUT2D eigenvalue weighted by atomic mass is 9.93. The minimum atomic E-state index is 0.900. The second-order valence-corrected chi connectivity index (χ2v) is 10.8. The Morgan fingerprint density at radius 3 is 2.23 bits per heavy atom. The molecule has 0 spiro atoms. The maximum atomic E-state index is 4.94. The number of likely N-dealkylation sites (N-methyl/N-ethyl adjacent to an activating group) is 1. The summed E-state index contributed by atoms with van der Waals surface area (Å²) in [4.78, 5) is 13.5. The number of anilines is 2. The number of fused-ring (bicyclic) bond motifs is 1. The van der Waals surface area contributed by atoms with Crippen LogP contribution in [0.1, 0.15) is 16.8 Å². The summed E-state index contributed by atoms with van der Waals surface area (Å²) in [6.07, 6.45) is 3.93. The van der Waals surface area contributed by atoms with Crippen molar-refractivity contribution in [1.29, 1.82) is 0 Å². The van der Waals surface area contributed by atoms with Gasteiger partial charge in [0.2, 0.25) is 0 Å². The van der Waals surface area contributed by atoms with Gasteiger partial charge in [-0.3, -0.25) is 4.68 Å². The van der Waals surface area contributed by atoms with Gasteiger partial charge >= 0.3 is 0 Å². The fraction of sp³-hybridized carbons (Fsp3) is 0.312. The number of nitrogens with one attached hydrogen (secondary N) is 2. The summed E-state index contributed by atoms with van der Waals surface area (Å²) >= 11 is 0. The Morgan fingerprint density at radius 1 is 0.846 bits per heavy atom. The van der Waals surface area contributed by atoms with E-state index in [4.69, 9.17) is 4.98 Å². The number of pyridine rings is 1. The molecule has 0 amide bonds. The van der Waals surface area contributed by atoms with Crippen molar-refractivity contribution in [1.82, 2.24) is 24.6 Å². The zero-order valence-electron chi connectivity index (χ0n) is 23.8. The van der Waals surface area contributed by atoms with Crippen LogP contribution in [0, 0.1) is 20.8 Å². The highest BCUT2D eigenvalue weighted by atomic mass is 15.3. The molecule has 7 nitrogen and oxygen atoms in total. The molecule has 1 aliphatic heterocycles. The number of hydrogen-bond acceptors (Lipinski definition) is 5. The van der Waals surface area contributed by atoms with Crippen LogP contribution in [0.15, 0.2) is 54.9 Å². The zero-order valence-corrected chi connectivity index (χ0v) is 23.8. The summed E-state index contributed by atoms with van der Waals surface area (Å²) < 4.78 is 1.92. The van der Waals surface area contributed by atoms with E-state index in [9.17, 15) is 0 Å². The molecule has 0 bridgehead atoms. The van der Waals surface area contributed by atoms with Gasteiger partial charge in [0, 0.05) is 85.6 Å². The number of piperazine rings is 1. The summed E-state index contributed by atoms with van der Waals surface area (Å²) in [7, 11) is 6.16. The average molecular weight is 520 g/mol. The molecule has 1 saturated heterocycles. The summed E-state index contributed by atoms with van der Waals surface area (Å²) in [5.41, 5.74) is 13.7. The van der Waals surface area contributed by atoms with E-state index in [-0.39, 0.29) is 0 Å². The van der Waals surface area contributed by atoms with Crippen molar-refractivity contribution in [3.8, 4) is 33.5 Å². The summed E-state index contributed by atoms with van der Waals surface area (Å²) in [6, 6.07) is 15.7. The number of aromatic amines is 1. The minimum absolute atomic E-state index is 0.900. The van der Waals surface area contributed by atoms with Crippen LogP contribution in [0.3, 0.4) is 0 Å². The smallest absolute Gasteiger partial charge is 0.138 e. The Hall–Kier alpha value is -4.10. The first-order chi connectivity index (χ1) is 18.9. The summed E-state index contributed by atoms with van der Waals surface area (Å²) in [5, 5.41) is 9.02. The maximum absolute atomic E-state index is 4.94. The number of aryl methyl sites for hydroxylation is 3. The lowest BCUT2D eigenvalue weighted by molar-refractivity contribution is 0.313. The summed E-state index contributed by atoms with van der Waals surface area (Å²) in [5.74, 6) is 0. The molecule has 2 N–H and O–H groups in total. The molecule has 0 atom stereocenters. The second-order valence-electron chi connectivity index (χ2n) is 10.8. The van der Waals surface area contributed by atoms with Crippen molar-refractivity contribution in [2.24, 2.45) is 7.05 Å². The van der Waals surface area contributed by atoms with E-state index < -0.39 is 0 Å². The molecular weight excluding hydrogens is 482 g/mol. The lowest BCUT2D eigenvalue weighted by Gasteiger charge is -2.34. The van der Waals surface area contributed by atoms with Crippen molar-refractivity contribution in [2.45, 2.75) is 20.8 Å². The van der Waals surface area contributed by atoms with E-state index in [1.54, 1.807) is 0 Å². The number of benzene rings is 2. The molecule has 0 aliphatic carbocycles. The van der Waals surface area contributed by atoms with Crippen molar-refractivity contribution in [2.75, 3.05) is 50.5 Å². The predicted octanol–water partition coefficient (Wildman–Crippen LogP) is 6.02. The highest BCUT2D eigenvalue weighted by molar-refractivity contribution is 6.06. The predicted molar refractivity (Wildman–Crippen MR) is 163 cm³/mol. The van der Waals surface area contributed by atoms with Crippen LogP contribution >= 0.6 is 0 Å². The maximum Gasteiger partial charge on any atom is 0.138 e. The van der Waals surface area contributed by atoms with E-state index >= 15 is 0 Å². The fourth-order valence-corrected chi connectivity index (χ4v) is 5.80. The average Bonchev–Trinajstić information content (AvgIpc) is 3.50. The van der Waals surface area contributed by atoms with Crippen LogP contribution in [0.5, 0.6) is 0 Å². The first-order valence-corrected chi connectivity index (χ1v) is 13.7. The van der Waals surface area contributed by atoms with Gasteiger partial charge in [-0.05, 0) is 68.3 Å². The van der Waals surface area contributed by atoms with Gasteiger partial charge in [-0.15, -0.1) is 0 Å². The van der Waals surface area contributed by atoms with Crippen molar-refractivity contribution >= 4 is 22.4 Å². The van der Waals surface area contributed by atoms with Gasteiger partial charge in [0.15, 0.2) is 0 Å². The van der Waals surface area contributed by atoms with E-state index in [1.807, 2.05) is 31.2 Å². The van der Waals surface area contributed by atoms with Crippen LogP contribution in [-0.4, -0.2) is 64.9 Å². The zero-order chi connectivity index (χ0) is 27.3. The largest absolute Gasteiger partial charge is 0.388 e. The fourth-order valence-electron chi connectivity index (χ4n) is 5.80. The van der Waals surface area contributed by atoms with Crippen molar-refractivity contribution in [3.05, 3.63) is 71.7 Å². The standard InChI is InChI=1S/C32H37N7/c1-20-7-8-24(17-28(20)33-4)30-29-21(2)26(27-19-35-38(6)22(27)3)18-34-32(29)36-31(30)23-9-11-25(12-10-23)39-15-13-37(5)14-16-39/h7-12,17-19,33H,13-16H2,1-6H3,(H,34,36). The van der Waals surface area contributed by atoms with Crippen LogP contribution in [0.2, 0.25) is 0 Å². The molecule has 0 saturated carbocycles. The molecule has 1 fully saturated rings. The molecule has 3 aromatic heterocycles. The monoisotopic (exact) mass is 519 g/mol. The van der Waals surface area contributed by atoms with E-state index in [0.717, 1.165) is 71.0 Å². The van der Waals surface area contributed by atoms with Crippen LogP contribution < -0.4 is 10.2 Å². The number of rotatable bonds is 5. The normalized spacial score (nSPS) is 14.4. The number of hydrogen-bond donors (Lipinski definition) is 2. The van der Waals surface area contributed by atoms with E-state index in [1.165, 1.54) is 27.9 Å². The van der Waals surface area contributed by atoms with Gasteiger partial charge in [-0.1, -0.05) is 24.3 Å². The van der Waals surface area contributed by atoms with Crippen LogP contribution in [0.4, 0.5) is 11.4 Å². The Bertz CT molecular complexity index is 1650. The number of aromatic nitrogens is 4. The van der Waals surface area contributed by atoms with Crippen LogP contribution in [-0.2, 0) is 7.05 Å². The second kappa shape index (κ2) is 9.89. The van der Waals surface area contributed by atoms with E-state index in [0.29, 0.717) is 0 Å². The first kappa shape index (κ1) is 25.2. The molecule has 0 unspecified atom stereocenters. The Labute approximate surface area is 230 Å². The SMILES string of the molecule is CNc1cc(-c2c(-c3ccc(N4CCN(C)CC4)cc3)[nH]c3ncc(-c4cnn(C)c4C)c(C)c23)ccc1C. The Balaban J connectivity index is 1.53. The topological polar surface area (TPSA) is 65.0 Å². The molecular formula is C32H37N7. The highest BCUT2D eigenvalue weighted by Gasteiger charge is 2.22. The first-order valence-electron chi connectivity index (χ1n) is 13.7. The van der Waals surface area contributed by atoms with Gasteiger partial charge in [0.1, 0.15) is 5.65 Å². The molecule has 1 aliphatic rings. The minimum Gasteiger partial charge on any atom is -0.388 e. The summed E-state index contributed by atoms with van der Waals surface area (Å²) in [6.45, 7) is 10.8. The van der Waals surface area contributed by atoms with E-state index in [2.05, 4.69) is 95.5 Å². The highest BCUT2D eigenvalue weighted by Crippen LogP contribution is 2.43. The number of nitrogens with zero attached hydrogens (tertiary/aromatic N) is 5. The molecule has 4 heterocycles. The van der Waals surface area contributed by atoms with Gasteiger partial charge in [-0.2, -0.15) is 5.10 Å². The molecule has 5 aromatic rings. The molecule has 7 heteroatoms. The van der Waals surface area contributed by atoms with Crippen molar-refractivity contribution < 1.29 is 0 Å². The third kappa shape index (κ3) is 4.36. The Morgan fingerprint density at radius 2 is 1.56 bits per heavy atom. The van der Waals surface area contributed by atoms with Gasteiger partial charge in [0.25, 0.3) is 0 Å². The third-order valence-corrected chi connectivity index (χ3v) is 8.43. The molecule has 6 rings (SSSR count). The van der Waals surface area contributed by atoms with Gasteiger partial charge in [-0.25, -0.2) is 4.98 Å². The number of H-pyrrole nitrogens is 1. The van der Waals surface area contributed by atoms with Gasteiger partial charge in [0.05, 0.1) is 11.9 Å². The quantitative estimate of drug-likeness (QED) is 0.297.